The van der Waals surface area contributed by atoms with E-state index in [0.717, 1.165) is 5.76 Å². The first kappa shape index (κ1) is 19.3. The van der Waals surface area contributed by atoms with E-state index in [2.05, 4.69) is 0 Å². The monoisotopic (exact) mass is 406 g/mol. The van der Waals surface area contributed by atoms with E-state index in [1.54, 1.807) is 36.4 Å². The highest BCUT2D eigenvalue weighted by Crippen LogP contribution is 2.36. The number of hydrogen-bond donors (Lipinski definition) is 0. The van der Waals surface area contributed by atoms with Crippen LogP contribution >= 0.6 is 0 Å². The first-order valence-corrected chi connectivity index (χ1v) is 9.08. The molecule has 0 radical (unpaired) electrons. The number of fused-ring (bicyclic) bond motifs is 1. The molecule has 0 atom stereocenters. The Morgan fingerprint density at radius 1 is 1.00 bits per heavy atom. The van der Waals surface area contributed by atoms with Gasteiger partial charge in [0.2, 0.25) is 5.78 Å². The number of hydrogen-bond acceptors (Lipinski definition) is 7. The average Bonchev–Trinajstić information content (AvgIpc) is 3.29. The molecule has 1 aliphatic rings. The molecule has 0 N–H and O–H groups in total. The van der Waals surface area contributed by atoms with Gasteiger partial charge in [0.05, 0.1) is 19.8 Å². The summed E-state index contributed by atoms with van der Waals surface area (Å²) in [6, 6.07) is 13.1. The highest BCUT2D eigenvalue weighted by atomic mass is 16.5. The highest BCUT2D eigenvalue weighted by Gasteiger charge is 2.29. The molecule has 0 fully saturated rings. The molecular formula is C23H18O7. The average molecular weight is 406 g/mol. The van der Waals surface area contributed by atoms with E-state index in [1.165, 1.54) is 32.4 Å². The molecule has 0 aliphatic carbocycles. The Labute approximate surface area is 172 Å². The van der Waals surface area contributed by atoms with Gasteiger partial charge < -0.3 is 23.4 Å². The highest BCUT2D eigenvalue weighted by molar-refractivity contribution is 6.14. The van der Waals surface area contributed by atoms with E-state index in [0.29, 0.717) is 28.6 Å². The predicted molar refractivity (Wildman–Crippen MR) is 107 cm³/mol. The molecule has 0 bridgehead atoms. The van der Waals surface area contributed by atoms with E-state index >= 15 is 0 Å². The van der Waals surface area contributed by atoms with Crippen LogP contribution in [0.4, 0.5) is 0 Å². The van der Waals surface area contributed by atoms with Crippen LogP contribution < -0.4 is 18.9 Å². The zero-order chi connectivity index (χ0) is 21.3. The van der Waals surface area contributed by atoms with Crippen molar-refractivity contribution in [3.63, 3.8) is 0 Å². The zero-order valence-electron chi connectivity index (χ0n) is 16.6. The van der Waals surface area contributed by atoms with Crippen molar-refractivity contribution in [2.24, 2.45) is 0 Å². The molecule has 0 unspecified atom stereocenters. The molecule has 7 nitrogen and oxygen atoms in total. The van der Waals surface area contributed by atoms with Crippen LogP contribution in [-0.2, 0) is 0 Å². The van der Waals surface area contributed by atoms with Crippen molar-refractivity contribution < 1.29 is 33.0 Å². The minimum atomic E-state index is -0.657. The zero-order valence-corrected chi connectivity index (χ0v) is 16.6. The molecule has 30 heavy (non-hydrogen) atoms. The molecule has 2 aromatic carbocycles. The van der Waals surface area contributed by atoms with Gasteiger partial charge in [0.25, 0.3) is 0 Å². The van der Waals surface area contributed by atoms with Crippen molar-refractivity contribution >= 4 is 17.8 Å². The number of furan rings is 1. The third-order valence-electron chi connectivity index (χ3n) is 4.52. The SMILES string of the molecule is COc1cccc(OC)c1C(=O)Oc1ccc2c(c1)O/C(=C/c1ccc(C)o1)C2=O. The van der Waals surface area contributed by atoms with E-state index in [-0.39, 0.29) is 22.9 Å². The van der Waals surface area contributed by atoms with Crippen molar-refractivity contribution in [3.8, 4) is 23.0 Å². The first-order valence-electron chi connectivity index (χ1n) is 9.08. The summed E-state index contributed by atoms with van der Waals surface area (Å²) in [5, 5.41) is 0. The molecule has 0 saturated carbocycles. The molecule has 3 aromatic rings. The third kappa shape index (κ3) is 3.53. The standard InChI is InChI=1S/C23H18O7/c1-13-7-8-14(28-13)12-20-22(24)16-10-9-15(11-19(16)30-20)29-23(25)21-17(26-2)5-4-6-18(21)27-3/h4-12H,1-3H3/b20-12+. The van der Waals surface area contributed by atoms with Crippen LogP contribution in [-0.4, -0.2) is 26.0 Å². The number of carbonyl (C=O) groups is 2. The number of benzene rings is 2. The molecule has 7 heteroatoms. The van der Waals surface area contributed by atoms with Crippen LogP contribution in [0.1, 0.15) is 32.2 Å². The van der Waals surface area contributed by atoms with Crippen molar-refractivity contribution in [2.75, 3.05) is 14.2 Å². The van der Waals surface area contributed by atoms with Gasteiger partial charge in [-0.3, -0.25) is 4.79 Å². The van der Waals surface area contributed by atoms with E-state index in [4.69, 9.17) is 23.4 Å². The fraction of sp³-hybridized carbons (Fsp3) is 0.130. The number of ketones is 1. The number of carbonyl (C=O) groups excluding carboxylic acids is 2. The fourth-order valence-corrected chi connectivity index (χ4v) is 3.10. The Morgan fingerprint density at radius 2 is 1.73 bits per heavy atom. The minimum absolute atomic E-state index is 0.134. The van der Waals surface area contributed by atoms with Crippen molar-refractivity contribution in [1.82, 2.24) is 0 Å². The lowest BCUT2D eigenvalue weighted by molar-refractivity contribution is 0.0727. The van der Waals surface area contributed by atoms with E-state index in [1.807, 2.05) is 6.92 Å². The normalized spacial score (nSPS) is 13.7. The van der Waals surface area contributed by atoms with Gasteiger partial charge in [0.15, 0.2) is 5.76 Å². The third-order valence-corrected chi connectivity index (χ3v) is 4.52. The first-order chi connectivity index (χ1) is 14.5. The summed E-state index contributed by atoms with van der Waals surface area (Å²) in [6.07, 6.45) is 1.53. The Hall–Kier alpha value is -4.00. The Bertz CT molecular complexity index is 1150. The Balaban J connectivity index is 1.59. The van der Waals surface area contributed by atoms with Crippen LogP contribution in [0.15, 0.2) is 58.7 Å². The number of ether oxygens (including phenoxy) is 4. The largest absolute Gasteiger partial charge is 0.496 e. The molecule has 1 aromatic heterocycles. The van der Waals surface area contributed by atoms with Crippen LogP contribution in [0.25, 0.3) is 6.08 Å². The van der Waals surface area contributed by atoms with Gasteiger partial charge in [-0.15, -0.1) is 0 Å². The fourth-order valence-electron chi connectivity index (χ4n) is 3.10. The number of aryl methyl sites for hydroxylation is 1. The summed E-state index contributed by atoms with van der Waals surface area (Å²) in [6.45, 7) is 1.81. The van der Waals surface area contributed by atoms with Crippen LogP contribution in [0.3, 0.4) is 0 Å². The predicted octanol–water partition coefficient (Wildman–Crippen LogP) is 4.44. The Kier molecular flexibility index (Phi) is 5.02. The number of esters is 1. The van der Waals surface area contributed by atoms with E-state index < -0.39 is 5.97 Å². The lowest BCUT2D eigenvalue weighted by Crippen LogP contribution is -2.12. The van der Waals surface area contributed by atoms with Crippen LogP contribution in [0.5, 0.6) is 23.0 Å². The Morgan fingerprint density at radius 3 is 2.37 bits per heavy atom. The van der Waals surface area contributed by atoms with Gasteiger partial charge in [0.1, 0.15) is 40.1 Å². The van der Waals surface area contributed by atoms with Gasteiger partial charge in [-0.25, -0.2) is 4.79 Å². The second-order valence-corrected chi connectivity index (χ2v) is 6.47. The molecule has 0 amide bonds. The number of methoxy groups -OCH3 is 2. The van der Waals surface area contributed by atoms with Gasteiger partial charge in [0, 0.05) is 12.1 Å². The number of rotatable bonds is 5. The van der Waals surface area contributed by atoms with Crippen molar-refractivity contribution in [3.05, 3.63) is 76.9 Å². The van der Waals surface area contributed by atoms with Crippen LogP contribution in [0, 0.1) is 6.92 Å². The van der Waals surface area contributed by atoms with Crippen molar-refractivity contribution in [1.29, 1.82) is 0 Å². The van der Waals surface area contributed by atoms with Gasteiger partial charge in [-0.1, -0.05) is 6.07 Å². The molecule has 0 spiro atoms. The maximum Gasteiger partial charge on any atom is 0.351 e. The van der Waals surface area contributed by atoms with Crippen molar-refractivity contribution in [2.45, 2.75) is 6.92 Å². The number of Topliss-reactive ketones (excluding diaryl/α,β-unsaturated/α-hetero) is 1. The van der Waals surface area contributed by atoms with E-state index in [9.17, 15) is 9.59 Å². The topological polar surface area (TPSA) is 84.2 Å². The summed E-state index contributed by atoms with van der Waals surface area (Å²) in [7, 11) is 2.91. The summed E-state index contributed by atoms with van der Waals surface area (Å²) in [4.78, 5) is 25.3. The summed E-state index contributed by atoms with van der Waals surface area (Å²) in [5.74, 6) is 1.61. The smallest absolute Gasteiger partial charge is 0.351 e. The maximum absolute atomic E-state index is 12.7. The van der Waals surface area contributed by atoms with Crippen LogP contribution in [0.2, 0.25) is 0 Å². The molecule has 0 saturated heterocycles. The number of allylic oxidation sites excluding steroid dienone is 1. The summed E-state index contributed by atoms with van der Waals surface area (Å²) in [5.41, 5.74) is 0.535. The van der Waals surface area contributed by atoms with Gasteiger partial charge in [-0.2, -0.15) is 0 Å². The summed E-state index contributed by atoms with van der Waals surface area (Å²) < 4.78 is 27.1. The quantitative estimate of drug-likeness (QED) is 0.352. The second kappa shape index (κ2) is 7.79. The van der Waals surface area contributed by atoms with Gasteiger partial charge in [-0.05, 0) is 43.3 Å². The summed E-state index contributed by atoms with van der Waals surface area (Å²) >= 11 is 0. The molecule has 2 heterocycles. The molecule has 4 rings (SSSR count). The maximum atomic E-state index is 12.7. The molecular weight excluding hydrogens is 388 g/mol. The molecule has 152 valence electrons. The second-order valence-electron chi connectivity index (χ2n) is 6.47. The lowest BCUT2D eigenvalue weighted by Gasteiger charge is -2.12. The molecule has 1 aliphatic heterocycles. The minimum Gasteiger partial charge on any atom is -0.496 e. The lowest BCUT2D eigenvalue weighted by atomic mass is 10.1. The van der Waals surface area contributed by atoms with Gasteiger partial charge >= 0.3 is 5.97 Å².